The smallest absolute Gasteiger partial charge is 0.0935 e. The molecular formula is C26H30N4. The van der Waals surface area contributed by atoms with Gasteiger partial charge in [0.1, 0.15) is 0 Å². The second kappa shape index (κ2) is 8.86. The van der Waals surface area contributed by atoms with E-state index in [1.165, 1.54) is 54.6 Å². The summed E-state index contributed by atoms with van der Waals surface area (Å²) in [4.78, 5) is 13.8. The number of benzene rings is 1. The molecular weight excluding hydrogens is 368 g/mol. The van der Waals surface area contributed by atoms with Crippen LogP contribution in [-0.2, 0) is 0 Å². The maximum atomic E-state index is 4.78. The second-order valence-electron chi connectivity index (χ2n) is 8.51. The van der Waals surface area contributed by atoms with Crippen LogP contribution < -0.4 is 9.80 Å². The molecule has 0 N–H and O–H groups in total. The number of nitrogens with zero attached hydrogens (tertiary/aromatic N) is 4. The highest BCUT2D eigenvalue weighted by molar-refractivity contribution is 5.75. The van der Waals surface area contributed by atoms with Gasteiger partial charge >= 0.3 is 0 Å². The van der Waals surface area contributed by atoms with E-state index in [1.807, 2.05) is 18.6 Å². The molecule has 0 amide bonds. The molecule has 0 radical (unpaired) electrons. The van der Waals surface area contributed by atoms with E-state index < -0.39 is 0 Å². The average Bonchev–Trinajstić information content (AvgIpc) is 2.85. The Kier molecular flexibility index (Phi) is 5.65. The molecule has 4 nitrogen and oxygen atoms in total. The first-order valence-corrected chi connectivity index (χ1v) is 11.3. The molecule has 0 bridgehead atoms. The SMILES string of the molecule is c1cnc(-c2ccc(C3CCCCC3)cc2)c(N2CCN(c3ccncc3)CC2)c1. The molecule has 2 aliphatic rings. The predicted octanol–water partition coefficient (Wildman–Crippen LogP) is 5.52. The molecule has 1 aromatic carbocycles. The van der Waals surface area contributed by atoms with Gasteiger partial charge in [0.25, 0.3) is 0 Å². The Labute approximate surface area is 179 Å². The first-order valence-electron chi connectivity index (χ1n) is 11.3. The van der Waals surface area contributed by atoms with Crippen LogP contribution in [0.15, 0.2) is 67.1 Å². The lowest BCUT2D eigenvalue weighted by atomic mass is 9.84. The Morgan fingerprint density at radius 1 is 0.700 bits per heavy atom. The molecule has 154 valence electrons. The normalized spacial score (nSPS) is 17.9. The summed E-state index contributed by atoms with van der Waals surface area (Å²) >= 11 is 0. The molecule has 2 aromatic heterocycles. The van der Waals surface area contributed by atoms with Crippen LogP contribution in [0, 0.1) is 0 Å². The third-order valence-electron chi connectivity index (χ3n) is 6.70. The minimum absolute atomic E-state index is 0.747. The van der Waals surface area contributed by atoms with Crippen molar-refractivity contribution < 1.29 is 0 Å². The highest BCUT2D eigenvalue weighted by Crippen LogP contribution is 2.35. The van der Waals surface area contributed by atoms with E-state index in [0.717, 1.165) is 37.8 Å². The van der Waals surface area contributed by atoms with Gasteiger partial charge in [0, 0.05) is 56.0 Å². The van der Waals surface area contributed by atoms with Crippen molar-refractivity contribution in [2.24, 2.45) is 0 Å². The molecule has 1 aliphatic carbocycles. The van der Waals surface area contributed by atoms with Crippen molar-refractivity contribution in [3.8, 4) is 11.3 Å². The minimum Gasteiger partial charge on any atom is -0.368 e. The van der Waals surface area contributed by atoms with E-state index in [-0.39, 0.29) is 0 Å². The standard InChI is InChI=1S/C26H30N4/c1-2-5-21(6-3-1)22-8-10-23(11-9-22)26-25(7-4-14-28-26)30-19-17-29(18-20-30)24-12-15-27-16-13-24/h4,7-16,21H,1-3,5-6,17-20H2. The zero-order chi connectivity index (χ0) is 20.2. The topological polar surface area (TPSA) is 32.3 Å². The van der Waals surface area contributed by atoms with Gasteiger partial charge in [0.05, 0.1) is 11.4 Å². The summed E-state index contributed by atoms with van der Waals surface area (Å²) in [6.07, 6.45) is 12.5. The first-order chi connectivity index (χ1) is 14.9. The molecule has 0 spiro atoms. The van der Waals surface area contributed by atoms with Gasteiger partial charge in [-0.05, 0) is 48.6 Å². The van der Waals surface area contributed by atoms with Crippen LogP contribution in [0.4, 0.5) is 11.4 Å². The monoisotopic (exact) mass is 398 g/mol. The Balaban J connectivity index is 1.32. The van der Waals surface area contributed by atoms with E-state index in [4.69, 9.17) is 4.98 Å². The van der Waals surface area contributed by atoms with Gasteiger partial charge in [-0.2, -0.15) is 0 Å². The van der Waals surface area contributed by atoms with Crippen LogP contribution in [-0.4, -0.2) is 36.1 Å². The molecule has 0 unspecified atom stereocenters. The Morgan fingerprint density at radius 3 is 2.13 bits per heavy atom. The average molecular weight is 399 g/mol. The van der Waals surface area contributed by atoms with E-state index in [0.29, 0.717) is 0 Å². The summed E-state index contributed by atoms with van der Waals surface area (Å²) in [7, 11) is 0. The van der Waals surface area contributed by atoms with E-state index >= 15 is 0 Å². The number of pyridine rings is 2. The van der Waals surface area contributed by atoms with Gasteiger partial charge in [-0.15, -0.1) is 0 Å². The minimum atomic E-state index is 0.747. The molecule has 1 saturated carbocycles. The molecule has 3 aromatic rings. The second-order valence-corrected chi connectivity index (χ2v) is 8.51. The van der Waals surface area contributed by atoms with E-state index in [1.54, 1.807) is 0 Å². The molecule has 0 atom stereocenters. The molecule has 1 aliphatic heterocycles. The lowest BCUT2D eigenvalue weighted by Gasteiger charge is -2.37. The van der Waals surface area contributed by atoms with Crippen LogP contribution in [0.2, 0.25) is 0 Å². The number of anilines is 2. The fourth-order valence-corrected chi connectivity index (χ4v) is 4.98. The lowest BCUT2D eigenvalue weighted by molar-refractivity contribution is 0.443. The third kappa shape index (κ3) is 4.04. The van der Waals surface area contributed by atoms with Crippen LogP contribution in [0.3, 0.4) is 0 Å². The van der Waals surface area contributed by atoms with E-state index in [9.17, 15) is 0 Å². The van der Waals surface area contributed by atoms with Crippen molar-refractivity contribution in [2.45, 2.75) is 38.0 Å². The Hall–Kier alpha value is -2.88. The zero-order valence-corrected chi connectivity index (χ0v) is 17.6. The molecule has 30 heavy (non-hydrogen) atoms. The molecule has 4 heteroatoms. The summed E-state index contributed by atoms with van der Waals surface area (Å²) in [5.74, 6) is 0.747. The van der Waals surface area contributed by atoms with Gasteiger partial charge in [0.15, 0.2) is 0 Å². The lowest BCUT2D eigenvalue weighted by Crippen LogP contribution is -2.46. The number of hydrogen-bond acceptors (Lipinski definition) is 4. The number of rotatable bonds is 4. The largest absolute Gasteiger partial charge is 0.368 e. The molecule has 2 fully saturated rings. The quantitative estimate of drug-likeness (QED) is 0.579. The zero-order valence-electron chi connectivity index (χ0n) is 17.6. The van der Waals surface area contributed by atoms with Gasteiger partial charge in [-0.1, -0.05) is 43.5 Å². The van der Waals surface area contributed by atoms with Crippen LogP contribution in [0.25, 0.3) is 11.3 Å². The van der Waals surface area contributed by atoms with Crippen molar-refractivity contribution in [1.29, 1.82) is 0 Å². The number of hydrogen-bond donors (Lipinski definition) is 0. The van der Waals surface area contributed by atoms with Gasteiger partial charge in [-0.25, -0.2) is 0 Å². The predicted molar refractivity (Wildman–Crippen MR) is 124 cm³/mol. The summed E-state index contributed by atoms with van der Waals surface area (Å²) in [6, 6.07) is 17.7. The van der Waals surface area contributed by atoms with Gasteiger partial charge in [-0.3, -0.25) is 9.97 Å². The van der Waals surface area contributed by atoms with Gasteiger partial charge in [0.2, 0.25) is 0 Å². The van der Waals surface area contributed by atoms with Crippen molar-refractivity contribution in [3.05, 3.63) is 72.7 Å². The van der Waals surface area contributed by atoms with Crippen LogP contribution in [0.5, 0.6) is 0 Å². The Bertz CT molecular complexity index is 940. The van der Waals surface area contributed by atoms with Crippen LogP contribution in [0.1, 0.15) is 43.6 Å². The highest BCUT2D eigenvalue weighted by atomic mass is 15.3. The summed E-state index contributed by atoms with van der Waals surface area (Å²) in [6.45, 7) is 4.03. The van der Waals surface area contributed by atoms with Crippen molar-refractivity contribution in [3.63, 3.8) is 0 Å². The number of piperazine rings is 1. The maximum Gasteiger partial charge on any atom is 0.0935 e. The van der Waals surface area contributed by atoms with Crippen molar-refractivity contribution in [1.82, 2.24) is 9.97 Å². The summed E-state index contributed by atoms with van der Waals surface area (Å²) in [5.41, 5.74) is 6.33. The molecule has 3 heterocycles. The summed E-state index contributed by atoms with van der Waals surface area (Å²) in [5, 5.41) is 0. The van der Waals surface area contributed by atoms with Gasteiger partial charge < -0.3 is 9.80 Å². The summed E-state index contributed by atoms with van der Waals surface area (Å²) < 4.78 is 0. The highest BCUT2D eigenvalue weighted by Gasteiger charge is 2.21. The fourth-order valence-electron chi connectivity index (χ4n) is 4.98. The molecule has 1 saturated heterocycles. The molecule has 5 rings (SSSR count). The van der Waals surface area contributed by atoms with Crippen molar-refractivity contribution in [2.75, 3.05) is 36.0 Å². The maximum absolute atomic E-state index is 4.78. The van der Waals surface area contributed by atoms with Crippen molar-refractivity contribution >= 4 is 11.4 Å². The third-order valence-corrected chi connectivity index (χ3v) is 6.70. The van der Waals surface area contributed by atoms with E-state index in [2.05, 4.69) is 63.3 Å². The van der Waals surface area contributed by atoms with Crippen LogP contribution >= 0.6 is 0 Å². The first kappa shape index (κ1) is 19.1. The number of aromatic nitrogens is 2. The Morgan fingerprint density at radius 2 is 1.40 bits per heavy atom. The fraction of sp³-hybridized carbons (Fsp3) is 0.385.